The van der Waals surface area contributed by atoms with E-state index in [1.165, 1.54) is 0 Å². The average Bonchev–Trinajstić information content (AvgIpc) is 2.76. The molecule has 3 atom stereocenters. The van der Waals surface area contributed by atoms with Gasteiger partial charge in [-0.25, -0.2) is 4.79 Å². The number of nitrogens with one attached hydrogen (secondary N) is 1. The predicted octanol–water partition coefficient (Wildman–Crippen LogP) is 2.01. The fraction of sp³-hybridized carbons (Fsp3) is 0.933. The molecule has 0 bridgehead atoms. The van der Waals surface area contributed by atoms with E-state index in [-0.39, 0.29) is 23.8 Å². The van der Waals surface area contributed by atoms with Gasteiger partial charge in [0.05, 0.1) is 17.8 Å². The molecular formula is C15H28N2O3. The van der Waals surface area contributed by atoms with E-state index in [1.807, 2.05) is 4.90 Å². The van der Waals surface area contributed by atoms with Crippen LogP contribution in [-0.4, -0.2) is 55.5 Å². The lowest BCUT2D eigenvalue weighted by atomic mass is 9.96. The van der Waals surface area contributed by atoms with Crippen molar-refractivity contribution in [1.29, 1.82) is 0 Å². The van der Waals surface area contributed by atoms with Crippen LogP contribution < -0.4 is 5.32 Å². The monoisotopic (exact) mass is 284 g/mol. The molecule has 2 saturated heterocycles. The molecule has 0 saturated carbocycles. The molecule has 5 heteroatoms. The largest absolute Gasteiger partial charge is 0.379 e. The van der Waals surface area contributed by atoms with Crippen molar-refractivity contribution >= 4 is 6.03 Å². The van der Waals surface area contributed by atoms with E-state index >= 15 is 0 Å². The first kappa shape index (κ1) is 15.6. The Morgan fingerprint density at radius 2 is 2.20 bits per heavy atom. The van der Waals surface area contributed by atoms with E-state index in [1.54, 1.807) is 7.11 Å². The van der Waals surface area contributed by atoms with Gasteiger partial charge in [0, 0.05) is 26.7 Å². The lowest BCUT2D eigenvalue weighted by molar-refractivity contribution is -0.0151. The van der Waals surface area contributed by atoms with Gasteiger partial charge in [-0.15, -0.1) is 0 Å². The summed E-state index contributed by atoms with van der Waals surface area (Å²) in [4.78, 5) is 14.0. The van der Waals surface area contributed by atoms with Gasteiger partial charge in [-0.3, -0.25) is 0 Å². The van der Waals surface area contributed by atoms with Crippen molar-refractivity contribution in [2.24, 2.45) is 5.92 Å². The third-order valence-electron chi connectivity index (χ3n) is 4.51. The Morgan fingerprint density at radius 1 is 1.45 bits per heavy atom. The number of hydrogen-bond acceptors (Lipinski definition) is 3. The van der Waals surface area contributed by atoms with Crippen molar-refractivity contribution in [3.05, 3.63) is 0 Å². The molecule has 0 unspecified atom stereocenters. The van der Waals surface area contributed by atoms with Crippen molar-refractivity contribution in [3.63, 3.8) is 0 Å². The quantitative estimate of drug-likeness (QED) is 0.862. The number of hydrogen-bond donors (Lipinski definition) is 1. The van der Waals surface area contributed by atoms with Crippen LogP contribution in [0.15, 0.2) is 0 Å². The molecular weight excluding hydrogens is 256 g/mol. The van der Waals surface area contributed by atoms with E-state index in [0.29, 0.717) is 19.0 Å². The topological polar surface area (TPSA) is 50.8 Å². The van der Waals surface area contributed by atoms with E-state index in [9.17, 15) is 4.79 Å². The van der Waals surface area contributed by atoms with Crippen LogP contribution >= 0.6 is 0 Å². The standard InChI is InChI=1S/C15H28N2O3/c1-11-6-8-17(10-13(11)19-4)14(18)16-9-12-5-7-15(2,3)20-12/h11-13H,5-10H2,1-4H3,(H,16,18)/t11-,12-,13+/m0/s1. The van der Waals surface area contributed by atoms with Gasteiger partial charge in [0.15, 0.2) is 0 Å². The second-order valence-electron chi connectivity index (χ2n) is 6.71. The van der Waals surface area contributed by atoms with Gasteiger partial charge in [0.25, 0.3) is 0 Å². The summed E-state index contributed by atoms with van der Waals surface area (Å²) in [5.41, 5.74) is -0.0445. The molecule has 1 N–H and O–H groups in total. The first-order valence-electron chi connectivity index (χ1n) is 7.64. The third kappa shape index (κ3) is 3.85. The van der Waals surface area contributed by atoms with Crippen LogP contribution in [0.1, 0.15) is 40.0 Å². The molecule has 0 aromatic rings. The molecule has 5 nitrogen and oxygen atoms in total. The first-order valence-corrected chi connectivity index (χ1v) is 7.64. The van der Waals surface area contributed by atoms with Gasteiger partial charge in [-0.05, 0) is 39.0 Å². The fourth-order valence-corrected chi connectivity index (χ4v) is 3.06. The van der Waals surface area contributed by atoms with Crippen molar-refractivity contribution in [1.82, 2.24) is 10.2 Å². The molecule has 0 aromatic carbocycles. The number of carbonyl (C=O) groups is 1. The number of ether oxygens (including phenoxy) is 2. The SMILES string of the molecule is CO[C@@H]1CN(C(=O)NC[C@@H]2CCC(C)(C)O2)CC[C@@H]1C. The number of likely N-dealkylation sites (tertiary alicyclic amines) is 1. The lowest BCUT2D eigenvalue weighted by Gasteiger charge is -2.36. The van der Waals surface area contributed by atoms with E-state index < -0.39 is 0 Å². The molecule has 2 amide bonds. The molecule has 20 heavy (non-hydrogen) atoms. The molecule has 2 rings (SSSR count). The summed E-state index contributed by atoms with van der Waals surface area (Å²) in [7, 11) is 1.72. The zero-order valence-corrected chi connectivity index (χ0v) is 13.1. The Kier molecular flexibility index (Phi) is 4.91. The number of amides is 2. The first-order chi connectivity index (χ1) is 9.41. The minimum Gasteiger partial charge on any atom is -0.379 e. The third-order valence-corrected chi connectivity index (χ3v) is 4.51. The highest BCUT2D eigenvalue weighted by Crippen LogP contribution is 2.28. The molecule has 0 aliphatic carbocycles. The maximum Gasteiger partial charge on any atom is 0.317 e. The van der Waals surface area contributed by atoms with Crippen molar-refractivity contribution in [2.45, 2.75) is 57.8 Å². The summed E-state index contributed by atoms with van der Waals surface area (Å²) in [6.45, 7) is 8.47. The van der Waals surface area contributed by atoms with Crippen molar-refractivity contribution in [3.8, 4) is 0 Å². The summed E-state index contributed by atoms with van der Waals surface area (Å²) < 4.78 is 11.3. The van der Waals surface area contributed by atoms with Gasteiger partial charge in [0.1, 0.15) is 0 Å². The molecule has 0 aromatic heterocycles. The molecule has 2 fully saturated rings. The highest BCUT2D eigenvalue weighted by Gasteiger charge is 2.33. The van der Waals surface area contributed by atoms with E-state index in [4.69, 9.17) is 9.47 Å². The number of methoxy groups -OCH3 is 1. The molecule has 2 aliphatic rings. The number of piperidine rings is 1. The van der Waals surface area contributed by atoms with Crippen molar-refractivity contribution in [2.75, 3.05) is 26.7 Å². The smallest absolute Gasteiger partial charge is 0.317 e. The highest BCUT2D eigenvalue weighted by molar-refractivity contribution is 5.74. The summed E-state index contributed by atoms with van der Waals surface area (Å²) in [6, 6.07) is 0.00672. The normalized spacial score (nSPS) is 33.2. The highest BCUT2D eigenvalue weighted by atomic mass is 16.5. The summed E-state index contributed by atoms with van der Waals surface area (Å²) in [6.07, 6.45) is 3.37. The van der Waals surface area contributed by atoms with Crippen LogP contribution in [0.5, 0.6) is 0 Å². The van der Waals surface area contributed by atoms with Gasteiger partial charge in [-0.2, -0.15) is 0 Å². The zero-order chi connectivity index (χ0) is 14.8. The fourth-order valence-electron chi connectivity index (χ4n) is 3.06. The van der Waals surface area contributed by atoms with Crippen molar-refractivity contribution < 1.29 is 14.3 Å². The molecule has 2 aliphatic heterocycles. The van der Waals surface area contributed by atoms with Crippen LogP contribution in [0.3, 0.4) is 0 Å². The molecule has 0 spiro atoms. The van der Waals surface area contributed by atoms with Gasteiger partial charge >= 0.3 is 6.03 Å². The Bertz CT molecular complexity index is 346. The maximum atomic E-state index is 12.2. The summed E-state index contributed by atoms with van der Waals surface area (Å²) in [5.74, 6) is 0.517. The van der Waals surface area contributed by atoms with Gasteiger partial charge < -0.3 is 19.7 Å². The van der Waals surface area contributed by atoms with Crippen LogP contribution in [0.4, 0.5) is 4.79 Å². The number of nitrogens with zero attached hydrogens (tertiary/aromatic N) is 1. The minimum absolute atomic E-state index is 0.00672. The molecule has 116 valence electrons. The van der Waals surface area contributed by atoms with Gasteiger partial charge in [-0.1, -0.05) is 6.92 Å². The number of carbonyl (C=O) groups excluding carboxylic acids is 1. The lowest BCUT2D eigenvalue weighted by Crippen LogP contribution is -2.51. The van der Waals surface area contributed by atoms with Gasteiger partial charge in [0.2, 0.25) is 0 Å². The van der Waals surface area contributed by atoms with Crippen LogP contribution in [0.2, 0.25) is 0 Å². The van der Waals surface area contributed by atoms with Crippen LogP contribution in [-0.2, 0) is 9.47 Å². The van der Waals surface area contributed by atoms with Crippen LogP contribution in [0, 0.1) is 5.92 Å². The number of urea groups is 1. The predicted molar refractivity (Wildman–Crippen MR) is 77.7 cm³/mol. The molecule has 2 heterocycles. The number of rotatable bonds is 3. The zero-order valence-electron chi connectivity index (χ0n) is 13.1. The summed E-state index contributed by atoms with van der Waals surface area (Å²) in [5, 5.41) is 3.00. The Morgan fingerprint density at radius 3 is 2.80 bits per heavy atom. The Balaban J connectivity index is 1.75. The average molecular weight is 284 g/mol. The summed E-state index contributed by atoms with van der Waals surface area (Å²) >= 11 is 0. The second-order valence-corrected chi connectivity index (χ2v) is 6.71. The van der Waals surface area contributed by atoms with Crippen LogP contribution in [0.25, 0.3) is 0 Å². The maximum absolute atomic E-state index is 12.2. The minimum atomic E-state index is -0.0445. The van der Waals surface area contributed by atoms with E-state index in [2.05, 4.69) is 26.1 Å². The van der Waals surface area contributed by atoms with E-state index in [0.717, 1.165) is 25.8 Å². The molecule has 0 radical (unpaired) electrons. The Labute approximate surface area is 122 Å². The Hall–Kier alpha value is -0.810. The second kappa shape index (κ2) is 6.31.